The normalized spacial score (nSPS) is 10.4. The van der Waals surface area contributed by atoms with Crippen LogP contribution in [0.25, 0.3) is 0 Å². The third kappa shape index (κ3) is 6.68. The fraction of sp³-hybridized carbons (Fsp3) is 0.200. The van der Waals surface area contributed by atoms with Gasteiger partial charge in [-0.05, 0) is 48.4 Å². The molecule has 170 valence electrons. The summed E-state index contributed by atoms with van der Waals surface area (Å²) in [6, 6.07) is 20.7. The number of hydrogen-bond acceptors (Lipinski definition) is 5. The maximum absolute atomic E-state index is 12.6. The summed E-state index contributed by atoms with van der Waals surface area (Å²) in [4.78, 5) is 12.5. The Labute approximate surface area is 190 Å². The van der Waals surface area contributed by atoms with E-state index >= 15 is 0 Å². The van der Waals surface area contributed by atoms with Crippen LogP contribution in [-0.2, 0) is 13.0 Å². The van der Waals surface area contributed by atoms with E-state index in [-0.39, 0.29) is 24.0 Å². The SMILES string of the molecule is COc1ccc(CCNC(=O)c2cccc(OCc3ccccc3C#N)c2)cc1OC(F)F. The summed E-state index contributed by atoms with van der Waals surface area (Å²) in [6.07, 6.45) is 0.413. The lowest BCUT2D eigenvalue weighted by Crippen LogP contribution is -2.25. The van der Waals surface area contributed by atoms with Crippen LogP contribution in [0.4, 0.5) is 8.78 Å². The van der Waals surface area contributed by atoms with Gasteiger partial charge >= 0.3 is 6.61 Å². The fourth-order valence-electron chi connectivity index (χ4n) is 3.13. The summed E-state index contributed by atoms with van der Waals surface area (Å²) >= 11 is 0. The third-order valence-electron chi connectivity index (χ3n) is 4.77. The second kappa shape index (κ2) is 11.5. The molecule has 8 heteroatoms. The van der Waals surface area contributed by atoms with Gasteiger partial charge < -0.3 is 19.5 Å². The van der Waals surface area contributed by atoms with Crippen molar-refractivity contribution in [3.05, 3.63) is 89.0 Å². The molecule has 0 aromatic heterocycles. The van der Waals surface area contributed by atoms with Crippen molar-refractivity contribution in [3.8, 4) is 23.3 Å². The van der Waals surface area contributed by atoms with E-state index in [9.17, 15) is 18.8 Å². The third-order valence-corrected chi connectivity index (χ3v) is 4.77. The molecule has 0 aliphatic carbocycles. The Hall–Kier alpha value is -4.12. The summed E-state index contributed by atoms with van der Waals surface area (Å²) in [6.45, 7) is -2.47. The molecule has 3 aromatic rings. The quantitative estimate of drug-likeness (QED) is 0.482. The first-order valence-electron chi connectivity index (χ1n) is 10.1. The van der Waals surface area contributed by atoms with Crippen LogP contribution < -0.4 is 19.5 Å². The molecular formula is C25H22F2N2O4. The van der Waals surface area contributed by atoms with Gasteiger partial charge in [-0.15, -0.1) is 0 Å². The number of rotatable bonds is 10. The second-order valence-corrected chi connectivity index (χ2v) is 6.96. The molecule has 0 spiro atoms. The predicted molar refractivity (Wildman–Crippen MR) is 118 cm³/mol. The maximum Gasteiger partial charge on any atom is 0.387 e. The Morgan fingerprint density at radius 1 is 1.06 bits per heavy atom. The van der Waals surface area contributed by atoms with Gasteiger partial charge in [0.05, 0.1) is 18.7 Å². The Morgan fingerprint density at radius 2 is 1.88 bits per heavy atom. The molecule has 1 N–H and O–H groups in total. The van der Waals surface area contributed by atoms with Gasteiger partial charge in [-0.3, -0.25) is 4.79 Å². The molecule has 0 saturated carbocycles. The topological polar surface area (TPSA) is 80.6 Å². The summed E-state index contributed by atoms with van der Waals surface area (Å²) in [5.41, 5.74) is 2.41. The zero-order chi connectivity index (χ0) is 23.6. The van der Waals surface area contributed by atoms with Gasteiger partial charge in [0.1, 0.15) is 12.4 Å². The summed E-state index contributed by atoms with van der Waals surface area (Å²) in [5, 5.41) is 12.0. The van der Waals surface area contributed by atoms with E-state index in [1.807, 2.05) is 12.1 Å². The van der Waals surface area contributed by atoms with Gasteiger partial charge in [-0.2, -0.15) is 14.0 Å². The standard InChI is InChI=1S/C25H22F2N2O4/c1-31-22-10-9-17(13-23(22)33-25(26)27)11-12-29-24(30)18-7-4-8-21(14-18)32-16-20-6-3-2-5-19(20)15-28/h2-10,13-14,25H,11-12,16H2,1H3,(H,29,30). The minimum Gasteiger partial charge on any atom is -0.493 e. The number of nitrogens with zero attached hydrogens (tertiary/aromatic N) is 1. The molecule has 0 aliphatic rings. The minimum absolute atomic E-state index is 0.0563. The Bertz CT molecular complexity index is 1150. The molecule has 3 rings (SSSR count). The monoisotopic (exact) mass is 452 g/mol. The van der Waals surface area contributed by atoms with E-state index in [1.54, 1.807) is 48.5 Å². The van der Waals surface area contributed by atoms with Gasteiger partial charge in [-0.25, -0.2) is 0 Å². The van der Waals surface area contributed by atoms with Crippen molar-refractivity contribution in [2.75, 3.05) is 13.7 Å². The number of benzene rings is 3. The largest absolute Gasteiger partial charge is 0.493 e. The van der Waals surface area contributed by atoms with E-state index in [2.05, 4.69) is 16.1 Å². The van der Waals surface area contributed by atoms with Gasteiger partial charge in [0.15, 0.2) is 11.5 Å². The first kappa shape index (κ1) is 23.5. The maximum atomic E-state index is 12.6. The van der Waals surface area contributed by atoms with Crippen LogP contribution in [0.15, 0.2) is 66.7 Å². The number of methoxy groups -OCH3 is 1. The van der Waals surface area contributed by atoms with Crippen molar-refractivity contribution < 1.29 is 27.8 Å². The zero-order valence-electron chi connectivity index (χ0n) is 17.9. The summed E-state index contributed by atoms with van der Waals surface area (Å²) < 4.78 is 40.4. The molecule has 0 heterocycles. The van der Waals surface area contributed by atoms with Crippen LogP contribution in [0, 0.1) is 11.3 Å². The van der Waals surface area contributed by atoms with Crippen molar-refractivity contribution in [1.29, 1.82) is 5.26 Å². The number of ether oxygens (including phenoxy) is 3. The van der Waals surface area contributed by atoms with Crippen LogP contribution in [0.1, 0.15) is 27.0 Å². The first-order valence-corrected chi connectivity index (χ1v) is 10.1. The molecule has 0 saturated heterocycles. The molecule has 0 bridgehead atoms. The van der Waals surface area contributed by atoms with Gasteiger partial charge in [0.2, 0.25) is 0 Å². The lowest BCUT2D eigenvalue weighted by molar-refractivity contribution is -0.0512. The number of carbonyl (C=O) groups is 1. The lowest BCUT2D eigenvalue weighted by atomic mass is 10.1. The molecule has 0 fully saturated rings. The second-order valence-electron chi connectivity index (χ2n) is 6.96. The van der Waals surface area contributed by atoms with Crippen LogP contribution in [0.2, 0.25) is 0 Å². The Balaban J connectivity index is 1.56. The summed E-state index contributed by atoms with van der Waals surface area (Å²) in [7, 11) is 1.37. The highest BCUT2D eigenvalue weighted by molar-refractivity contribution is 5.94. The van der Waals surface area contributed by atoms with E-state index in [0.717, 1.165) is 5.56 Å². The lowest BCUT2D eigenvalue weighted by Gasteiger charge is -2.12. The van der Waals surface area contributed by atoms with Crippen LogP contribution >= 0.6 is 0 Å². The molecule has 3 aromatic carbocycles. The van der Waals surface area contributed by atoms with E-state index in [4.69, 9.17) is 9.47 Å². The van der Waals surface area contributed by atoms with E-state index < -0.39 is 6.61 Å². The molecule has 0 unspecified atom stereocenters. The number of carbonyl (C=O) groups excluding carboxylic acids is 1. The smallest absolute Gasteiger partial charge is 0.387 e. The molecule has 33 heavy (non-hydrogen) atoms. The number of nitrogens with one attached hydrogen (secondary N) is 1. The van der Waals surface area contributed by atoms with Crippen LogP contribution in [0.3, 0.4) is 0 Å². The minimum atomic E-state index is -2.96. The molecule has 0 radical (unpaired) electrons. The first-order chi connectivity index (χ1) is 16.0. The average molecular weight is 452 g/mol. The van der Waals surface area contributed by atoms with E-state index in [1.165, 1.54) is 13.2 Å². The van der Waals surface area contributed by atoms with E-state index in [0.29, 0.717) is 35.4 Å². The average Bonchev–Trinajstić information content (AvgIpc) is 2.83. The van der Waals surface area contributed by atoms with Crippen molar-refractivity contribution >= 4 is 5.91 Å². The highest BCUT2D eigenvalue weighted by Gasteiger charge is 2.12. The van der Waals surface area contributed by atoms with Crippen LogP contribution in [0.5, 0.6) is 17.2 Å². The number of hydrogen-bond donors (Lipinski definition) is 1. The van der Waals surface area contributed by atoms with Gasteiger partial charge in [-0.1, -0.05) is 30.3 Å². The molecular weight excluding hydrogens is 430 g/mol. The number of nitriles is 1. The van der Waals surface area contributed by atoms with Gasteiger partial charge in [0.25, 0.3) is 5.91 Å². The van der Waals surface area contributed by atoms with Crippen molar-refractivity contribution in [1.82, 2.24) is 5.32 Å². The fourth-order valence-corrected chi connectivity index (χ4v) is 3.13. The molecule has 1 amide bonds. The number of halogens is 2. The van der Waals surface area contributed by atoms with Crippen molar-refractivity contribution in [2.45, 2.75) is 19.6 Å². The highest BCUT2D eigenvalue weighted by atomic mass is 19.3. The Kier molecular flexibility index (Phi) is 8.19. The van der Waals surface area contributed by atoms with Crippen molar-refractivity contribution in [2.24, 2.45) is 0 Å². The zero-order valence-corrected chi connectivity index (χ0v) is 17.9. The number of alkyl halides is 2. The predicted octanol–water partition coefficient (Wildman–Crippen LogP) is 4.72. The molecule has 0 atom stereocenters. The summed E-state index contributed by atoms with van der Waals surface area (Å²) in [5.74, 6) is 0.353. The molecule has 0 aliphatic heterocycles. The number of amides is 1. The Morgan fingerprint density at radius 3 is 2.64 bits per heavy atom. The van der Waals surface area contributed by atoms with Gasteiger partial charge in [0, 0.05) is 17.7 Å². The molecule has 6 nitrogen and oxygen atoms in total. The van der Waals surface area contributed by atoms with Crippen molar-refractivity contribution in [3.63, 3.8) is 0 Å². The van der Waals surface area contributed by atoms with Crippen LogP contribution in [-0.4, -0.2) is 26.2 Å². The highest BCUT2D eigenvalue weighted by Crippen LogP contribution is 2.29.